The van der Waals surface area contributed by atoms with E-state index < -0.39 is 48.3 Å². The van der Waals surface area contributed by atoms with Crippen LogP contribution in [0.15, 0.2) is 48.5 Å². The number of carbonyl (C=O) groups excluding carboxylic acids is 1. The minimum absolute atomic E-state index is 0.153. The summed E-state index contributed by atoms with van der Waals surface area (Å²) in [5.74, 6) is -5.63. The molecule has 0 fully saturated rings. The van der Waals surface area contributed by atoms with E-state index in [1.165, 1.54) is 0 Å². The molecule has 0 aliphatic heterocycles. The number of carboxylic acids is 3. The molecule has 0 aromatic heterocycles. The van der Waals surface area contributed by atoms with Crippen LogP contribution in [0.4, 0.5) is 37.7 Å². The van der Waals surface area contributed by atoms with Crippen LogP contribution in [0.3, 0.4) is 0 Å². The van der Waals surface area contributed by atoms with E-state index in [2.05, 4.69) is 4.90 Å². The number of carboxylic acid groups (broad SMARTS) is 3. The summed E-state index contributed by atoms with van der Waals surface area (Å²) >= 11 is 17.7. The van der Waals surface area contributed by atoms with Gasteiger partial charge in [-0.3, -0.25) is 9.59 Å². The maximum atomic E-state index is 12.5. The Morgan fingerprint density at radius 2 is 0.941 bits per heavy atom. The molecule has 0 amide bonds. The van der Waals surface area contributed by atoms with E-state index in [0.29, 0.717) is 50.2 Å². The highest BCUT2D eigenvalue weighted by atomic mass is 35.5. The lowest BCUT2D eigenvalue weighted by atomic mass is 10.1. The minimum atomic E-state index is -5.08. The first-order valence-electron chi connectivity index (χ1n) is 14.5. The number of hydrogen-bond acceptors (Lipinski definition) is 9. The zero-order valence-corrected chi connectivity index (χ0v) is 28.9. The number of esters is 1. The van der Waals surface area contributed by atoms with Crippen LogP contribution >= 0.6 is 34.8 Å². The molecule has 0 radical (unpaired) electrons. The summed E-state index contributed by atoms with van der Waals surface area (Å²) < 4.78 is 68.9. The van der Waals surface area contributed by atoms with Gasteiger partial charge in [0, 0.05) is 48.6 Å². The van der Waals surface area contributed by atoms with Crippen LogP contribution < -0.4 is 21.3 Å². The molecule has 12 nitrogen and oxygen atoms in total. The zero-order valence-electron chi connectivity index (χ0n) is 26.7. The van der Waals surface area contributed by atoms with Crippen LogP contribution in [-0.4, -0.2) is 114 Å². The molecule has 2 aromatic rings. The number of benzene rings is 2. The first-order chi connectivity index (χ1) is 23.7. The maximum absolute atomic E-state index is 12.5. The lowest BCUT2D eigenvalue weighted by Gasteiger charge is -2.24. The lowest BCUT2D eigenvalue weighted by Crippen LogP contribution is -2.37. The number of aliphatic carboxylic acids is 3. The number of rotatable bonds is 17. The van der Waals surface area contributed by atoms with Gasteiger partial charge in [0.05, 0.1) is 6.54 Å². The van der Waals surface area contributed by atoms with Gasteiger partial charge in [0.15, 0.2) is 0 Å². The number of carbonyl (C=O) groups is 4. The monoisotopic (exact) mass is 800 g/mol. The first kappa shape index (κ1) is 47.3. The van der Waals surface area contributed by atoms with Crippen molar-refractivity contribution in [1.29, 1.82) is 0 Å². The van der Waals surface area contributed by atoms with E-state index in [0.717, 1.165) is 22.5 Å². The third-order valence-corrected chi connectivity index (χ3v) is 6.80. The second-order valence-corrected chi connectivity index (χ2v) is 11.2. The van der Waals surface area contributed by atoms with Crippen LogP contribution in [0, 0.1) is 0 Å². The van der Waals surface area contributed by atoms with Gasteiger partial charge >= 0.3 is 36.2 Å². The molecular formula is C30H37Cl3F6N4O8. The van der Waals surface area contributed by atoms with Crippen LogP contribution in [0.1, 0.15) is 11.1 Å². The van der Waals surface area contributed by atoms with Gasteiger partial charge < -0.3 is 41.3 Å². The zero-order chi connectivity index (χ0) is 39.4. The summed E-state index contributed by atoms with van der Waals surface area (Å²) in [6.07, 6.45) is -9.57. The van der Waals surface area contributed by atoms with Crippen LogP contribution in [0.5, 0.6) is 0 Å². The van der Waals surface area contributed by atoms with E-state index in [1.807, 2.05) is 53.4 Å². The SMILES string of the molecule is N[C@@H](Cc1ccc(N(CCCl)CCOC(=O)[C@@H](N)Cc2ccc(N(CCCl)CCCl)cc2)cc1)C(=O)O.O=C(O)C(F)(F)F.O=C(O)C(F)(F)F. The van der Waals surface area contributed by atoms with Crippen molar-refractivity contribution < 1.29 is 65.6 Å². The topological polar surface area (TPSA) is 197 Å². The average molecular weight is 802 g/mol. The Hall–Kier alpha value is -3.71. The van der Waals surface area contributed by atoms with Crippen molar-refractivity contribution in [1.82, 2.24) is 0 Å². The maximum Gasteiger partial charge on any atom is 0.490 e. The van der Waals surface area contributed by atoms with Crippen molar-refractivity contribution in [2.45, 2.75) is 37.3 Å². The number of nitrogens with two attached hydrogens (primary N) is 2. The molecule has 2 aromatic carbocycles. The number of halogens is 9. The quantitative estimate of drug-likeness (QED) is 0.0864. The molecule has 21 heteroatoms. The van der Waals surface area contributed by atoms with Crippen molar-refractivity contribution in [2.24, 2.45) is 11.5 Å². The molecule has 0 saturated carbocycles. The number of anilines is 2. The van der Waals surface area contributed by atoms with Gasteiger partial charge in [-0.15, -0.1) is 34.8 Å². The van der Waals surface area contributed by atoms with Gasteiger partial charge in [0.2, 0.25) is 0 Å². The molecule has 0 unspecified atom stereocenters. The van der Waals surface area contributed by atoms with Gasteiger partial charge in [-0.1, -0.05) is 24.3 Å². The Kier molecular flexibility index (Phi) is 22.0. The predicted molar refractivity (Wildman–Crippen MR) is 179 cm³/mol. The minimum Gasteiger partial charge on any atom is -0.480 e. The predicted octanol–water partition coefficient (Wildman–Crippen LogP) is 4.35. The third-order valence-electron chi connectivity index (χ3n) is 6.29. The highest BCUT2D eigenvalue weighted by Gasteiger charge is 2.38. The van der Waals surface area contributed by atoms with E-state index in [-0.39, 0.29) is 13.0 Å². The van der Waals surface area contributed by atoms with Crippen LogP contribution in [0.2, 0.25) is 0 Å². The Morgan fingerprint density at radius 1 is 0.627 bits per heavy atom. The molecule has 0 heterocycles. The number of alkyl halides is 9. The van der Waals surface area contributed by atoms with E-state index >= 15 is 0 Å². The number of hydrogen-bond donors (Lipinski definition) is 5. The molecule has 2 rings (SSSR count). The largest absolute Gasteiger partial charge is 0.490 e. The Labute approximate surface area is 303 Å². The Balaban J connectivity index is 0.00000149. The fourth-order valence-electron chi connectivity index (χ4n) is 3.77. The lowest BCUT2D eigenvalue weighted by molar-refractivity contribution is -0.193. The molecule has 0 aliphatic rings. The molecule has 0 bridgehead atoms. The summed E-state index contributed by atoms with van der Waals surface area (Å²) in [6.45, 7) is 2.53. The van der Waals surface area contributed by atoms with Crippen molar-refractivity contribution >= 4 is 70.1 Å². The smallest absolute Gasteiger partial charge is 0.480 e. The van der Waals surface area contributed by atoms with Gasteiger partial charge in [-0.25, -0.2) is 9.59 Å². The summed E-state index contributed by atoms with van der Waals surface area (Å²) in [7, 11) is 0. The Bertz CT molecular complexity index is 1330. The number of ether oxygens (including phenoxy) is 1. The fraction of sp³-hybridized carbons (Fsp3) is 0.467. The molecule has 51 heavy (non-hydrogen) atoms. The average Bonchev–Trinajstić information content (AvgIpc) is 3.04. The van der Waals surface area contributed by atoms with Gasteiger partial charge in [-0.2, -0.15) is 26.3 Å². The fourth-order valence-corrected chi connectivity index (χ4v) is 4.39. The standard InChI is InChI=1S/C26H35Cl3N4O4.2C2HF3O2/c27-9-12-32(13-10-28)21-5-3-20(4-6-21)18-24(31)26(36)37-16-15-33(14-11-29)22-7-1-19(2-8-22)17-23(30)25(34)35;2*3-2(4,5)1(6)7/h1-8,23-24H,9-18,30-31H2,(H,34,35);2*(H,6,7)/t23-,24-;;/m0../s1. The second kappa shape index (κ2) is 23.7. The van der Waals surface area contributed by atoms with E-state index in [4.69, 9.17) is 75.9 Å². The Morgan fingerprint density at radius 3 is 1.24 bits per heavy atom. The van der Waals surface area contributed by atoms with Crippen molar-refractivity contribution in [3.05, 3.63) is 59.7 Å². The van der Waals surface area contributed by atoms with Crippen molar-refractivity contribution in [2.75, 3.05) is 60.2 Å². The summed E-state index contributed by atoms with van der Waals surface area (Å²) in [5.41, 5.74) is 15.3. The van der Waals surface area contributed by atoms with Crippen LogP contribution in [0.25, 0.3) is 0 Å². The highest BCUT2D eigenvalue weighted by molar-refractivity contribution is 6.18. The van der Waals surface area contributed by atoms with E-state index in [9.17, 15) is 35.9 Å². The molecule has 288 valence electrons. The van der Waals surface area contributed by atoms with Crippen molar-refractivity contribution in [3.63, 3.8) is 0 Å². The normalized spacial score (nSPS) is 12.2. The summed E-state index contributed by atoms with van der Waals surface area (Å²) in [5, 5.41) is 23.2. The van der Waals surface area contributed by atoms with Gasteiger partial charge in [-0.05, 0) is 48.2 Å². The van der Waals surface area contributed by atoms with Gasteiger partial charge in [0.1, 0.15) is 18.7 Å². The summed E-state index contributed by atoms with van der Waals surface area (Å²) in [6, 6.07) is 13.5. The second-order valence-electron chi connectivity index (χ2n) is 10.1. The molecule has 0 aliphatic carbocycles. The molecule has 0 spiro atoms. The van der Waals surface area contributed by atoms with E-state index in [1.54, 1.807) is 0 Å². The molecule has 7 N–H and O–H groups in total. The molecule has 0 saturated heterocycles. The van der Waals surface area contributed by atoms with Crippen molar-refractivity contribution in [3.8, 4) is 0 Å². The molecular weight excluding hydrogens is 765 g/mol. The van der Waals surface area contributed by atoms with Crippen LogP contribution in [-0.2, 0) is 36.8 Å². The molecule has 2 atom stereocenters. The third kappa shape index (κ3) is 20.1. The number of nitrogens with zero attached hydrogens (tertiary/aromatic N) is 2. The van der Waals surface area contributed by atoms with Gasteiger partial charge in [0.25, 0.3) is 0 Å². The summed E-state index contributed by atoms with van der Waals surface area (Å²) in [4.78, 5) is 45.3. The highest BCUT2D eigenvalue weighted by Crippen LogP contribution is 2.18. The first-order valence-corrected chi connectivity index (χ1v) is 16.1.